The number of nitrogens with zero attached hydrogens (tertiary/aromatic N) is 2. The fourth-order valence-corrected chi connectivity index (χ4v) is 2.99. The molecule has 4 rings (SSSR count). The summed E-state index contributed by atoms with van der Waals surface area (Å²) in [6.07, 6.45) is 1.19. The molecule has 0 saturated carbocycles. The summed E-state index contributed by atoms with van der Waals surface area (Å²) in [4.78, 5) is 41.1. The van der Waals surface area contributed by atoms with E-state index in [2.05, 4.69) is 4.98 Å². The van der Waals surface area contributed by atoms with Crippen LogP contribution < -0.4 is 10.3 Å². The lowest BCUT2D eigenvalue weighted by molar-refractivity contribution is -0.135. The predicted octanol–water partition coefficient (Wildman–Crippen LogP) is 3.51. The number of aromatic nitrogens is 2. The van der Waals surface area contributed by atoms with Gasteiger partial charge in [-0.3, -0.25) is 14.2 Å². The van der Waals surface area contributed by atoms with Crippen LogP contribution >= 0.6 is 0 Å². The normalized spacial score (nSPS) is 10.8. The van der Waals surface area contributed by atoms with E-state index in [0.717, 1.165) is 10.6 Å². The van der Waals surface area contributed by atoms with Gasteiger partial charge >= 0.3 is 5.97 Å². The average molecular weight is 420 g/mol. The smallest absolute Gasteiger partial charge is 0.331 e. The number of halogens is 2. The van der Waals surface area contributed by atoms with Crippen LogP contribution in [0.15, 0.2) is 77.9 Å². The molecular weight excluding hydrogens is 406 g/mol. The van der Waals surface area contributed by atoms with Gasteiger partial charge in [-0.25, -0.2) is 18.6 Å². The second-order valence-electron chi connectivity index (χ2n) is 6.67. The van der Waals surface area contributed by atoms with Crippen molar-refractivity contribution >= 4 is 22.7 Å². The third-order valence-electron chi connectivity index (χ3n) is 4.54. The lowest BCUT2D eigenvalue weighted by atomic mass is 10.0. The third kappa shape index (κ3) is 4.37. The summed E-state index contributed by atoms with van der Waals surface area (Å²) >= 11 is 0. The number of hydrogen-bond donors (Lipinski definition) is 0. The number of fused-ring (bicyclic) bond motifs is 1. The van der Waals surface area contributed by atoms with Crippen molar-refractivity contribution in [3.63, 3.8) is 0 Å². The number of hydrogen-bond acceptors (Lipinski definition) is 5. The zero-order chi connectivity index (χ0) is 22.0. The standard InChI is InChI=1S/C23H14F2N2O4/c24-16-5-1-14(2-6-16)22(29)15-3-8-18(9-4-15)31-21(28)12-27-13-26-20-10-7-17(25)11-19(20)23(27)30/h1-11,13H,12H2. The highest BCUT2D eigenvalue weighted by atomic mass is 19.1. The molecule has 8 heteroatoms. The van der Waals surface area contributed by atoms with Crippen LogP contribution in [-0.4, -0.2) is 21.3 Å². The number of ketones is 1. The number of benzene rings is 3. The Morgan fingerprint density at radius 1 is 0.871 bits per heavy atom. The van der Waals surface area contributed by atoms with Gasteiger partial charge in [-0.15, -0.1) is 0 Å². The number of esters is 1. The Morgan fingerprint density at radius 3 is 2.16 bits per heavy atom. The first-order valence-electron chi connectivity index (χ1n) is 9.16. The highest BCUT2D eigenvalue weighted by Gasteiger charge is 2.13. The van der Waals surface area contributed by atoms with E-state index in [-0.39, 0.29) is 16.9 Å². The van der Waals surface area contributed by atoms with Gasteiger partial charge in [0.1, 0.15) is 23.9 Å². The van der Waals surface area contributed by atoms with E-state index < -0.39 is 29.7 Å². The molecule has 0 aliphatic heterocycles. The van der Waals surface area contributed by atoms with Crippen molar-refractivity contribution < 1.29 is 23.1 Å². The third-order valence-corrected chi connectivity index (χ3v) is 4.54. The molecule has 4 aromatic rings. The van der Waals surface area contributed by atoms with Gasteiger partial charge in [-0.05, 0) is 66.7 Å². The van der Waals surface area contributed by atoms with Gasteiger partial charge in [-0.2, -0.15) is 0 Å². The number of carbonyl (C=O) groups excluding carboxylic acids is 2. The summed E-state index contributed by atoms with van der Waals surface area (Å²) in [5.41, 5.74) is 0.410. The summed E-state index contributed by atoms with van der Waals surface area (Å²) in [5, 5.41) is 0.0546. The Labute approximate surface area is 174 Å². The van der Waals surface area contributed by atoms with Gasteiger partial charge in [0, 0.05) is 11.1 Å². The molecule has 1 aromatic heterocycles. The van der Waals surface area contributed by atoms with Crippen molar-refractivity contribution in [2.45, 2.75) is 6.54 Å². The van der Waals surface area contributed by atoms with E-state index in [1.165, 1.54) is 67.0 Å². The van der Waals surface area contributed by atoms with E-state index in [0.29, 0.717) is 16.6 Å². The van der Waals surface area contributed by atoms with Gasteiger partial charge < -0.3 is 4.74 Å². The minimum atomic E-state index is -0.739. The Kier molecular flexibility index (Phi) is 5.36. The number of rotatable bonds is 5. The molecule has 0 bridgehead atoms. The molecule has 0 atom stereocenters. The van der Waals surface area contributed by atoms with Gasteiger partial charge in [0.05, 0.1) is 17.2 Å². The largest absolute Gasteiger partial charge is 0.425 e. The monoisotopic (exact) mass is 420 g/mol. The molecular formula is C23H14F2N2O4. The molecule has 0 aliphatic rings. The van der Waals surface area contributed by atoms with Gasteiger partial charge in [-0.1, -0.05) is 0 Å². The van der Waals surface area contributed by atoms with Crippen LogP contribution in [0.25, 0.3) is 10.9 Å². The van der Waals surface area contributed by atoms with E-state index >= 15 is 0 Å². The van der Waals surface area contributed by atoms with Crippen LogP contribution in [-0.2, 0) is 11.3 Å². The summed E-state index contributed by atoms with van der Waals surface area (Å²) in [6.45, 7) is -0.422. The molecule has 0 amide bonds. The van der Waals surface area contributed by atoms with Gasteiger partial charge in [0.2, 0.25) is 0 Å². The topological polar surface area (TPSA) is 78.3 Å². The Bertz CT molecular complexity index is 1350. The number of ether oxygens (including phenoxy) is 1. The van der Waals surface area contributed by atoms with E-state index in [4.69, 9.17) is 4.74 Å². The van der Waals surface area contributed by atoms with Crippen molar-refractivity contribution in [1.29, 1.82) is 0 Å². The van der Waals surface area contributed by atoms with Crippen molar-refractivity contribution in [2.75, 3.05) is 0 Å². The molecule has 0 saturated heterocycles. The molecule has 0 unspecified atom stereocenters. The molecule has 0 spiro atoms. The summed E-state index contributed by atoms with van der Waals surface area (Å²) in [7, 11) is 0. The molecule has 0 radical (unpaired) electrons. The Balaban J connectivity index is 1.46. The van der Waals surface area contributed by atoms with Crippen LogP contribution in [0.3, 0.4) is 0 Å². The quantitative estimate of drug-likeness (QED) is 0.281. The molecule has 0 aliphatic carbocycles. The second-order valence-corrected chi connectivity index (χ2v) is 6.67. The molecule has 3 aromatic carbocycles. The number of carbonyl (C=O) groups is 2. The molecule has 31 heavy (non-hydrogen) atoms. The van der Waals surface area contributed by atoms with Crippen molar-refractivity contribution in [3.8, 4) is 5.75 Å². The van der Waals surface area contributed by atoms with Crippen LogP contribution in [0.5, 0.6) is 5.75 Å². The maximum Gasteiger partial charge on any atom is 0.331 e. The maximum absolute atomic E-state index is 13.4. The molecule has 1 heterocycles. The maximum atomic E-state index is 13.4. The van der Waals surface area contributed by atoms with E-state index in [1.54, 1.807) is 0 Å². The highest BCUT2D eigenvalue weighted by molar-refractivity contribution is 6.09. The molecule has 154 valence electrons. The van der Waals surface area contributed by atoms with E-state index in [9.17, 15) is 23.2 Å². The highest BCUT2D eigenvalue weighted by Crippen LogP contribution is 2.16. The summed E-state index contributed by atoms with van der Waals surface area (Å²) in [5.74, 6) is -1.89. The fourth-order valence-electron chi connectivity index (χ4n) is 2.99. The van der Waals surface area contributed by atoms with Crippen LogP contribution in [0.4, 0.5) is 8.78 Å². The first-order chi connectivity index (χ1) is 14.9. The summed E-state index contributed by atoms with van der Waals surface area (Å²) in [6, 6.07) is 14.6. The molecule has 0 fully saturated rings. The first kappa shape index (κ1) is 20.1. The zero-order valence-electron chi connectivity index (χ0n) is 15.9. The second kappa shape index (κ2) is 8.27. The average Bonchev–Trinajstić information content (AvgIpc) is 2.77. The minimum Gasteiger partial charge on any atom is -0.425 e. The van der Waals surface area contributed by atoms with Crippen LogP contribution in [0, 0.1) is 11.6 Å². The summed E-state index contributed by atoms with van der Waals surface area (Å²) < 4.78 is 32.6. The Morgan fingerprint density at radius 2 is 1.48 bits per heavy atom. The van der Waals surface area contributed by atoms with Crippen LogP contribution in [0.2, 0.25) is 0 Å². The van der Waals surface area contributed by atoms with Crippen molar-refractivity contribution in [2.24, 2.45) is 0 Å². The van der Waals surface area contributed by atoms with Gasteiger partial charge in [0.25, 0.3) is 5.56 Å². The van der Waals surface area contributed by atoms with Gasteiger partial charge in [0.15, 0.2) is 5.78 Å². The molecule has 0 N–H and O–H groups in total. The van der Waals surface area contributed by atoms with Crippen LogP contribution in [0.1, 0.15) is 15.9 Å². The van der Waals surface area contributed by atoms with Crippen molar-refractivity contribution in [1.82, 2.24) is 9.55 Å². The van der Waals surface area contributed by atoms with Crippen molar-refractivity contribution in [3.05, 3.63) is 106 Å². The fraction of sp³-hybridized carbons (Fsp3) is 0.0435. The SMILES string of the molecule is O=C(Cn1cnc2ccc(F)cc2c1=O)Oc1ccc(C(=O)c2ccc(F)cc2)cc1. The predicted molar refractivity (Wildman–Crippen MR) is 108 cm³/mol. The zero-order valence-corrected chi connectivity index (χ0v) is 15.9. The molecule has 6 nitrogen and oxygen atoms in total. The first-order valence-corrected chi connectivity index (χ1v) is 9.16. The van der Waals surface area contributed by atoms with E-state index in [1.807, 2.05) is 0 Å². The minimum absolute atomic E-state index is 0.0546. The lowest BCUT2D eigenvalue weighted by Gasteiger charge is -2.08. The Hall–Kier alpha value is -4.20. The lowest BCUT2D eigenvalue weighted by Crippen LogP contribution is -2.27.